The third-order valence-corrected chi connectivity index (χ3v) is 6.35. The van der Waals surface area contributed by atoms with E-state index in [4.69, 9.17) is 16.3 Å². The monoisotopic (exact) mass is 422 g/mol. The van der Waals surface area contributed by atoms with Gasteiger partial charge in [0, 0.05) is 16.8 Å². The largest absolute Gasteiger partial charge is 0.478 e. The summed E-state index contributed by atoms with van der Waals surface area (Å²) in [7, 11) is -3.35. The summed E-state index contributed by atoms with van der Waals surface area (Å²) in [5, 5.41) is 0.174. The highest BCUT2D eigenvalue weighted by Gasteiger charge is 2.47. The highest BCUT2D eigenvalue weighted by atomic mass is 35.5. The third kappa shape index (κ3) is 3.59. The molecular weight excluding hydrogens is 403 g/mol. The van der Waals surface area contributed by atoms with Crippen molar-refractivity contribution in [3.63, 3.8) is 0 Å². The van der Waals surface area contributed by atoms with Crippen molar-refractivity contribution >= 4 is 38.6 Å². The molecule has 1 aliphatic rings. The number of Topliss-reactive ketones (excluding diaryl/α,β-unsaturated/α-hetero) is 1. The van der Waals surface area contributed by atoms with E-state index in [2.05, 4.69) is 0 Å². The van der Waals surface area contributed by atoms with E-state index >= 15 is 0 Å². The van der Waals surface area contributed by atoms with Crippen LogP contribution in [-0.2, 0) is 19.4 Å². The van der Waals surface area contributed by atoms with Crippen molar-refractivity contribution < 1.29 is 22.3 Å². The van der Waals surface area contributed by atoms with E-state index in [0.29, 0.717) is 29.7 Å². The number of carbonyl (C=O) groups is 1. The zero-order valence-corrected chi connectivity index (χ0v) is 17.3. The Hall–Kier alpha value is -2.18. The average Bonchev–Trinajstić information content (AvgIpc) is 2.93. The van der Waals surface area contributed by atoms with E-state index in [9.17, 15) is 17.6 Å². The van der Waals surface area contributed by atoms with E-state index in [1.165, 1.54) is 30.3 Å². The van der Waals surface area contributed by atoms with Crippen LogP contribution in [0.2, 0.25) is 5.02 Å². The summed E-state index contributed by atoms with van der Waals surface area (Å²) < 4.78 is 43.5. The number of halogens is 2. The molecule has 7 heteroatoms. The third-order valence-electron chi connectivity index (χ3n) is 5.00. The Kier molecular flexibility index (Phi) is 5.38. The summed E-state index contributed by atoms with van der Waals surface area (Å²) in [6.07, 6.45) is 2.01. The number of rotatable bonds is 5. The Morgan fingerprint density at radius 1 is 1.04 bits per heavy atom. The smallest absolute Gasteiger partial charge is 0.210 e. The maximum atomic E-state index is 14.0. The quantitative estimate of drug-likeness (QED) is 0.686. The fourth-order valence-corrected chi connectivity index (χ4v) is 4.21. The molecule has 0 fully saturated rings. The molecule has 28 heavy (non-hydrogen) atoms. The minimum Gasteiger partial charge on any atom is -0.478 e. The van der Waals surface area contributed by atoms with E-state index in [0.717, 1.165) is 6.26 Å². The molecule has 0 aliphatic carbocycles. The van der Waals surface area contributed by atoms with Crippen LogP contribution in [0.25, 0.3) is 11.3 Å². The molecule has 3 rings (SSSR count). The van der Waals surface area contributed by atoms with Crippen molar-refractivity contribution in [1.29, 1.82) is 0 Å². The molecule has 0 aromatic heterocycles. The van der Waals surface area contributed by atoms with Gasteiger partial charge in [0.25, 0.3) is 0 Å². The highest BCUT2D eigenvalue weighted by molar-refractivity contribution is 7.90. The van der Waals surface area contributed by atoms with Crippen LogP contribution >= 0.6 is 11.6 Å². The number of benzene rings is 2. The van der Waals surface area contributed by atoms with Crippen molar-refractivity contribution in [2.24, 2.45) is 0 Å². The van der Waals surface area contributed by atoms with Gasteiger partial charge in [-0.1, -0.05) is 25.4 Å². The number of ether oxygens (including phenoxy) is 1. The van der Waals surface area contributed by atoms with Gasteiger partial charge in [0.2, 0.25) is 5.78 Å². The summed E-state index contributed by atoms with van der Waals surface area (Å²) >= 11 is 6.00. The Morgan fingerprint density at radius 2 is 1.64 bits per heavy atom. The van der Waals surface area contributed by atoms with Gasteiger partial charge in [0.1, 0.15) is 11.6 Å². The number of hydrogen-bond acceptors (Lipinski definition) is 4. The summed E-state index contributed by atoms with van der Waals surface area (Å²) in [6.45, 7) is 3.71. The van der Waals surface area contributed by atoms with Gasteiger partial charge in [0.15, 0.2) is 15.4 Å². The van der Waals surface area contributed by atoms with Gasteiger partial charge >= 0.3 is 0 Å². The molecule has 2 aromatic rings. The van der Waals surface area contributed by atoms with Crippen molar-refractivity contribution in [3.8, 4) is 0 Å². The Labute approximate surface area is 168 Å². The zero-order valence-electron chi connectivity index (χ0n) is 15.8. The Morgan fingerprint density at radius 3 is 2.14 bits per heavy atom. The predicted molar refractivity (Wildman–Crippen MR) is 107 cm³/mol. The number of ketones is 1. The standard InChI is InChI=1S/C21H20ClFO4S/c1-4-21(5-2)20(24)18(14-10-15(22)12-16(23)11-14)19(27-21)13-6-8-17(9-7-13)28(3,25)26/h6-12H,4-5H2,1-3H3. The Bertz CT molecular complexity index is 1050. The lowest BCUT2D eigenvalue weighted by Gasteiger charge is -2.25. The normalized spacial score (nSPS) is 16.4. The van der Waals surface area contributed by atoms with Crippen LogP contribution in [0.3, 0.4) is 0 Å². The number of hydrogen-bond donors (Lipinski definition) is 0. The number of sulfone groups is 1. The SMILES string of the molecule is CCC1(CC)OC(c2ccc(S(C)(=O)=O)cc2)=C(c2cc(F)cc(Cl)c2)C1=O. The van der Waals surface area contributed by atoms with Gasteiger partial charge in [-0.3, -0.25) is 4.79 Å². The van der Waals surface area contributed by atoms with Gasteiger partial charge in [0.05, 0.1) is 10.5 Å². The van der Waals surface area contributed by atoms with Crippen molar-refractivity contribution in [2.45, 2.75) is 37.2 Å². The van der Waals surface area contributed by atoms with Crippen LogP contribution < -0.4 is 0 Å². The lowest BCUT2D eigenvalue weighted by molar-refractivity contribution is -0.128. The first kappa shape index (κ1) is 20.6. The van der Waals surface area contributed by atoms with Gasteiger partial charge in [-0.15, -0.1) is 0 Å². The first-order chi connectivity index (χ1) is 13.1. The van der Waals surface area contributed by atoms with Crippen LogP contribution in [0.5, 0.6) is 0 Å². The van der Waals surface area contributed by atoms with Crippen LogP contribution in [-0.4, -0.2) is 26.1 Å². The van der Waals surface area contributed by atoms with E-state index in [-0.39, 0.29) is 21.3 Å². The van der Waals surface area contributed by atoms with Crippen LogP contribution in [0.1, 0.15) is 37.8 Å². The summed E-state index contributed by atoms with van der Waals surface area (Å²) in [5.74, 6) is -0.489. The summed E-state index contributed by atoms with van der Waals surface area (Å²) in [5.41, 5.74) is 0.0805. The lowest BCUT2D eigenvalue weighted by atomic mass is 9.86. The van der Waals surface area contributed by atoms with E-state index in [1.807, 2.05) is 13.8 Å². The molecule has 0 unspecified atom stereocenters. The molecule has 1 aliphatic heterocycles. The molecule has 0 saturated heterocycles. The van der Waals surface area contributed by atoms with Crippen LogP contribution in [0.4, 0.5) is 4.39 Å². The molecule has 0 atom stereocenters. The second-order valence-electron chi connectivity index (χ2n) is 6.79. The van der Waals surface area contributed by atoms with Gasteiger partial charge in [-0.05, 0) is 60.9 Å². The molecule has 0 N–H and O–H groups in total. The molecule has 4 nitrogen and oxygen atoms in total. The topological polar surface area (TPSA) is 60.4 Å². The molecule has 0 spiro atoms. The molecule has 148 valence electrons. The van der Waals surface area contributed by atoms with Crippen molar-refractivity contribution in [1.82, 2.24) is 0 Å². The fourth-order valence-electron chi connectivity index (χ4n) is 3.36. The fraction of sp³-hybridized carbons (Fsp3) is 0.286. The van der Waals surface area contributed by atoms with Gasteiger partial charge in [-0.25, -0.2) is 12.8 Å². The molecule has 0 bridgehead atoms. The molecular formula is C21H20ClFO4S. The van der Waals surface area contributed by atoms with Crippen molar-refractivity contribution in [3.05, 3.63) is 64.4 Å². The zero-order chi connectivity index (χ0) is 20.7. The van der Waals surface area contributed by atoms with E-state index < -0.39 is 21.3 Å². The molecule has 0 radical (unpaired) electrons. The minimum atomic E-state index is -3.35. The number of carbonyl (C=O) groups excluding carboxylic acids is 1. The molecule has 2 aromatic carbocycles. The Balaban J connectivity index is 2.22. The average molecular weight is 423 g/mol. The molecule has 1 heterocycles. The second-order valence-corrected chi connectivity index (χ2v) is 9.24. The first-order valence-corrected chi connectivity index (χ1v) is 11.1. The van der Waals surface area contributed by atoms with Gasteiger partial charge in [-0.2, -0.15) is 0 Å². The van der Waals surface area contributed by atoms with E-state index in [1.54, 1.807) is 12.1 Å². The summed E-state index contributed by atoms with van der Waals surface area (Å²) in [6, 6.07) is 10.0. The highest BCUT2D eigenvalue weighted by Crippen LogP contribution is 2.45. The molecule has 0 saturated carbocycles. The lowest BCUT2D eigenvalue weighted by Crippen LogP contribution is -2.35. The second kappa shape index (κ2) is 7.33. The molecule has 0 amide bonds. The summed E-state index contributed by atoms with van der Waals surface area (Å²) in [4.78, 5) is 13.4. The predicted octanol–water partition coefficient (Wildman–Crippen LogP) is 4.91. The van der Waals surface area contributed by atoms with Crippen LogP contribution in [0.15, 0.2) is 47.4 Å². The van der Waals surface area contributed by atoms with Crippen LogP contribution in [0, 0.1) is 5.82 Å². The maximum Gasteiger partial charge on any atom is 0.210 e. The minimum absolute atomic E-state index is 0.161. The van der Waals surface area contributed by atoms with Gasteiger partial charge < -0.3 is 4.74 Å². The van der Waals surface area contributed by atoms with Crippen molar-refractivity contribution in [2.75, 3.05) is 6.26 Å². The first-order valence-electron chi connectivity index (χ1n) is 8.86. The maximum absolute atomic E-state index is 14.0.